The third-order valence-electron chi connectivity index (χ3n) is 5.37. The third-order valence-corrected chi connectivity index (χ3v) is 6.49. The van der Waals surface area contributed by atoms with Crippen LogP contribution in [0.2, 0.25) is 5.15 Å². The van der Waals surface area contributed by atoms with Crippen molar-refractivity contribution in [3.63, 3.8) is 0 Å². The number of pyridine rings is 2. The number of hydrogen-bond acceptors (Lipinski definition) is 6. The van der Waals surface area contributed by atoms with E-state index in [-0.39, 0.29) is 5.15 Å². The highest BCUT2D eigenvalue weighted by Gasteiger charge is 2.28. The Kier molecular flexibility index (Phi) is 5.90. The summed E-state index contributed by atoms with van der Waals surface area (Å²) in [6, 6.07) is 14.8. The summed E-state index contributed by atoms with van der Waals surface area (Å²) in [6.45, 7) is -0.437. The van der Waals surface area contributed by atoms with Crippen molar-refractivity contribution in [2.24, 2.45) is 0 Å². The summed E-state index contributed by atoms with van der Waals surface area (Å²) < 4.78 is 5.42. The first-order valence-corrected chi connectivity index (χ1v) is 11.6. The second kappa shape index (κ2) is 9.13. The molecule has 0 aliphatic heterocycles. The molecule has 5 rings (SSSR count). The number of fused-ring (bicyclic) bond motifs is 2. The van der Waals surface area contributed by atoms with Crippen LogP contribution in [0.1, 0.15) is 32.9 Å². The van der Waals surface area contributed by atoms with E-state index in [1.807, 2.05) is 35.7 Å². The molecular formula is C25H18ClN3O3S. The Morgan fingerprint density at radius 3 is 2.82 bits per heavy atom. The summed E-state index contributed by atoms with van der Waals surface area (Å²) in [5.41, 5.74) is 4.32. The zero-order valence-electron chi connectivity index (χ0n) is 17.4. The van der Waals surface area contributed by atoms with E-state index < -0.39 is 18.5 Å². The molecule has 0 radical (unpaired) electrons. The van der Waals surface area contributed by atoms with Gasteiger partial charge in [-0.1, -0.05) is 35.9 Å². The lowest BCUT2D eigenvalue weighted by Crippen LogP contribution is -2.22. The van der Waals surface area contributed by atoms with Crippen molar-refractivity contribution < 1.29 is 14.3 Å². The van der Waals surface area contributed by atoms with Gasteiger partial charge in [-0.05, 0) is 59.7 Å². The molecule has 1 amide bonds. The van der Waals surface area contributed by atoms with Crippen LogP contribution in [-0.4, -0.2) is 28.5 Å². The lowest BCUT2D eigenvalue weighted by atomic mass is 10.0. The molecule has 1 N–H and O–H groups in total. The molecule has 0 bridgehead atoms. The number of carbonyl (C=O) groups excluding carboxylic acids is 2. The molecule has 3 aromatic heterocycles. The van der Waals surface area contributed by atoms with Gasteiger partial charge in [0.1, 0.15) is 0 Å². The number of halogens is 1. The second-order valence-corrected chi connectivity index (χ2v) is 8.82. The largest absolute Gasteiger partial charge is 0.452 e. The molecule has 0 fully saturated rings. The first kappa shape index (κ1) is 21.3. The molecule has 0 spiro atoms. The number of aromatic nitrogens is 2. The number of amides is 1. The van der Waals surface area contributed by atoms with Crippen molar-refractivity contribution in [3.8, 4) is 0 Å². The van der Waals surface area contributed by atoms with Gasteiger partial charge < -0.3 is 10.1 Å². The first-order valence-electron chi connectivity index (χ1n) is 10.3. The monoisotopic (exact) mass is 475 g/mol. The topological polar surface area (TPSA) is 81.2 Å². The molecule has 0 saturated heterocycles. The molecule has 0 atom stereocenters. The summed E-state index contributed by atoms with van der Waals surface area (Å²) in [4.78, 5) is 35.4. The van der Waals surface area contributed by atoms with E-state index in [2.05, 4.69) is 22.4 Å². The average molecular weight is 476 g/mol. The van der Waals surface area contributed by atoms with Crippen LogP contribution in [0, 0.1) is 0 Å². The van der Waals surface area contributed by atoms with Crippen molar-refractivity contribution in [1.82, 2.24) is 9.97 Å². The Morgan fingerprint density at radius 2 is 2.00 bits per heavy atom. The summed E-state index contributed by atoms with van der Waals surface area (Å²) >= 11 is 7.63. The van der Waals surface area contributed by atoms with Crippen LogP contribution in [0.3, 0.4) is 0 Å². The molecule has 164 valence electrons. The fourth-order valence-electron chi connectivity index (χ4n) is 3.93. The minimum Gasteiger partial charge on any atom is -0.452 e. The first-order chi connectivity index (χ1) is 16.1. The van der Waals surface area contributed by atoms with Crippen molar-refractivity contribution in [3.05, 3.63) is 87.0 Å². The Hall–Kier alpha value is -3.55. The van der Waals surface area contributed by atoms with Gasteiger partial charge in [0.2, 0.25) is 0 Å². The molecular weight excluding hydrogens is 458 g/mol. The lowest BCUT2D eigenvalue weighted by molar-refractivity contribution is -0.119. The zero-order chi connectivity index (χ0) is 22.8. The van der Waals surface area contributed by atoms with E-state index in [1.54, 1.807) is 23.5 Å². The van der Waals surface area contributed by atoms with Crippen molar-refractivity contribution >= 4 is 63.1 Å². The number of ether oxygens (including phenoxy) is 1. The molecule has 0 saturated carbocycles. The number of carbonyl (C=O) groups is 2. The summed E-state index contributed by atoms with van der Waals surface area (Å²) in [6.07, 6.45) is 5.12. The van der Waals surface area contributed by atoms with Gasteiger partial charge in [0.15, 0.2) is 11.8 Å². The number of anilines is 1. The van der Waals surface area contributed by atoms with Gasteiger partial charge in [-0.2, -0.15) is 0 Å². The lowest BCUT2D eigenvalue weighted by Gasteiger charge is -2.12. The molecule has 33 heavy (non-hydrogen) atoms. The zero-order valence-corrected chi connectivity index (χ0v) is 18.9. The Bertz CT molecular complexity index is 1400. The second-order valence-electron chi connectivity index (χ2n) is 7.48. The number of esters is 1. The maximum Gasteiger partial charge on any atom is 0.339 e. The molecule has 8 heteroatoms. The number of benzene rings is 1. The van der Waals surface area contributed by atoms with Gasteiger partial charge >= 0.3 is 5.97 Å². The normalized spacial score (nSPS) is 13.8. The quantitative estimate of drug-likeness (QED) is 0.299. The number of rotatable bonds is 5. The van der Waals surface area contributed by atoms with Gasteiger partial charge in [-0.15, -0.1) is 11.3 Å². The molecule has 1 aromatic carbocycles. The number of nitrogens with one attached hydrogen (secondary N) is 1. The number of thiophene rings is 1. The summed E-state index contributed by atoms with van der Waals surface area (Å²) in [7, 11) is 0. The highest BCUT2D eigenvalue weighted by Crippen LogP contribution is 2.38. The molecule has 4 aromatic rings. The number of allylic oxidation sites excluding steroid dienone is 1. The highest BCUT2D eigenvalue weighted by atomic mass is 35.5. The third kappa shape index (κ3) is 4.37. The van der Waals surface area contributed by atoms with E-state index in [9.17, 15) is 9.59 Å². The van der Waals surface area contributed by atoms with Crippen molar-refractivity contribution in [2.75, 3.05) is 11.9 Å². The molecule has 1 aliphatic rings. The van der Waals surface area contributed by atoms with E-state index in [4.69, 9.17) is 21.3 Å². The van der Waals surface area contributed by atoms with Gasteiger partial charge in [0.05, 0.1) is 22.5 Å². The van der Waals surface area contributed by atoms with Crippen molar-refractivity contribution in [2.45, 2.75) is 12.8 Å². The van der Waals surface area contributed by atoms with Gasteiger partial charge in [0, 0.05) is 16.5 Å². The summed E-state index contributed by atoms with van der Waals surface area (Å²) in [5.74, 6) is -1.04. The molecule has 6 nitrogen and oxygen atoms in total. The minimum absolute atomic E-state index is 0.167. The smallest absolute Gasteiger partial charge is 0.339 e. The molecule has 1 aliphatic carbocycles. The Morgan fingerprint density at radius 1 is 1.12 bits per heavy atom. The van der Waals surface area contributed by atoms with Gasteiger partial charge in [0.25, 0.3) is 5.91 Å². The molecule has 3 heterocycles. The maximum atomic E-state index is 13.2. The van der Waals surface area contributed by atoms with Gasteiger partial charge in [-0.25, -0.2) is 14.8 Å². The SMILES string of the molecule is O=C(COC(=O)c1c2c(nc3ccccc13)C(=Cc1cccs1)CC2)Nc1cccnc1Cl. The Labute approximate surface area is 198 Å². The predicted octanol–water partition coefficient (Wildman–Crippen LogP) is 5.63. The van der Waals surface area contributed by atoms with Crippen LogP contribution in [-0.2, 0) is 16.0 Å². The van der Waals surface area contributed by atoms with E-state index in [0.717, 1.165) is 28.1 Å². The van der Waals surface area contributed by atoms with Crippen LogP contribution in [0.4, 0.5) is 5.69 Å². The van der Waals surface area contributed by atoms with Crippen molar-refractivity contribution in [1.29, 1.82) is 0 Å². The van der Waals surface area contributed by atoms with Crippen LogP contribution >= 0.6 is 22.9 Å². The predicted molar refractivity (Wildman–Crippen MR) is 130 cm³/mol. The van der Waals surface area contributed by atoms with Crippen LogP contribution < -0.4 is 5.32 Å². The van der Waals surface area contributed by atoms with Crippen LogP contribution in [0.25, 0.3) is 22.6 Å². The minimum atomic E-state index is -0.547. The van der Waals surface area contributed by atoms with Crippen LogP contribution in [0.5, 0.6) is 0 Å². The fraction of sp³-hybridized carbons (Fsp3) is 0.120. The average Bonchev–Trinajstić information content (AvgIpc) is 3.48. The maximum absolute atomic E-state index is 13.2. The number of nitrogens with zero attached hydrogens (tertiary/aromatic N) is 2. The Balaban J connectivity index is 1.43. The van der Waals surface area contributed by atoms with E-state index in [0.29, 0.717) is 28.6 Å². The van der Waals surface area contributed by atoms with E-state index >= 15 is 0 Å². The number of para-hydroxylation sites is 1. The highest BCUT2D eigenvalue weighted by molar-refractivity contribution is 7.10. The molecule has 0 unspecified atom stereocenters. The van der Waals surface area contributed by atoms with Gasteiger partial charge in [-0.3, -0.25) is 4.79 Å². The summed E-state index contributed by atoms with van der Waals surface area (Å²) in [5, 5.41) is 5.52. The van der Waals surface area contributed by atoms with Crippen LogP contribution in [0.15, 0.2) is 60.1 Å². The van der Waals surface area contributed by atoms with E-state index in [1.165, 1.54) is 6.20 Å². The number of hydrogen-bond donors (Lipinski definition) is 1. The standard InChI is InChI=1S/C25H18ClN3O3S/c26-24-20(8-3-11-27-24)28-21(30)14-32-25(31)22-17-6-1-2-7-19(17)29-23-15(9-10-18(22)23)13-16-5-4-12-33-16/h1-8,11-13H,9-10,14H2,(H,28,30). The fourth-order valence-corrected chi connectivity index (χ4v) is 4.77.